The van der Waals surface area contributed by atoms with Gasteiger partial charge in [-0.25, -0.2) is 4.98 Å². The molecule has 2 aliphatic rings. The smallest absolute Gasteiger partial charge is 0.247 e. The highest BCUT2D eigenvalue weighted by atomic mass is 16.2. The van der Waals surface area contributed by atoms with Crippen molar-refractivity contribution in [1.29, 1.82) is 0 Å². The van der Waals surface area contributed by atoms with Gasteiger partial charge in [-0.1, -0.05) is 13.5 Å². The summed E-state index contributed by atoms with van der Waals surface area (Å²) < 4.78 is 1.97. The minimum atomic E-state index is 0.0419. The summed E-state index contributed by atoms with van der Waals surface area (Å²) in [5, 5.41) is 0. The lowest BCUT2D eigenvalue weighted by Gasteiger charge is -2.21. The monoisotopic (exact) mass is 306 g/mol. The van der Waals surface area contributed by atoms with E-state index in [2.05, 4.69) is 18.8 Å². The van der Waals surface area contributed by atoms with Gasteiger partial charge < -0.3 is 14.2 Å². The number of rotatable bonds is 3. The summed E-state index contributed by atoms with van der Waals surface area (Å²) in [5.74, 6) is 1.32. The van der Waals surface area contributed by atoms with Gasteiger partial charge in [0.1, 0.15) is 20.2 Å². The van der Waals surface area contributed by atoms with Crippen molar-refractivity contribution < 1.29 is 4.79 Å². The fourth-order valence-electron chi connectivity index (χ4n) is 3.19. The molecule has 23 heavy (non-hydrogen) atoms. The third kappa shape index (κ3) is 2.08. The fraction of sp³-hybridized carbons (Fsp3) is 0.412. The number of amides is 1. The number of nitrogens with zero attached hydrogens (tertiary/aromatic N) is 4. The molecule has 2 fully saturated rings. The minimum Gasteiger partial charge on any atom is -0.315 e. The molecule has 3 heterocycles. The van der Waals surface area contributed by atoms with Crippen LogP contribution in [-0.4, -0.2) is 41.6 Å². The lowest BCUT2D eigenvalue weighted by Crippen LogP contribution is -2.21. The molecule has 0 spiro atoms. The SMILES string of the molecule is [B]c1c(CC)nc2c(N3CC(=O)N(C)C3=C)cc(C3CC3)cn12. The van der Waals surface area contributed by atoms with E-state index >= 15 is 0 Å². The number of carbonyl (C=O) groups excluding carboxylic acids is 1. The van der Waals surface area contributed by atoms with Crippen LogP contribution in [0, 0.1) is 0 Å². The summed E-state index contributed by atoms with van der Waals surface area (Å²) >= 11 is 0. The Bertz CT molecular complexity index is 837. The second-order valence-electron chi connectivity index (χ2n) is 6.38. The van der Waals surface area contributed by atoms with Gasteiger partial charge >= 0.3 is 0 Å². The first-order valence-corrected chi connectivity index (χ1v) is 8.04. The van der Waals surface area contributed by atoms with Gasteiger partial charge in [0.15, 0.2) is 5.65 Å². The van der Waals surface area contributed by atoms with E-state index < -0.39 is 0 Å². The Morgan fingerprint density at radius 1 is 1.43 bits per heavy atom. The van der Waals surface area contributed by atoms with Crippen molar-refractivity contribution in [3.8, 4) is 0 Å². The second-order valence-corrected chi connectivity index (χ2v) is 6.38. The molecule has 1 amide bonds. The van der Waals surface area contributed by atoms with Crippen LogP contribution in [0.1, 0.15) is 36.9 Å². The van der Waals surface area contributed by atoms with E-state index in [0.29, 0.717) is 23.9 Å². The molecule has 1 saturated carbocycles. The summed E-state index contributed by atoms with van der Waals surface area (Å²) in [7, 11) is 8.03. The fourth-order valence-corrected chi connectivity index (χ4v) is 3.19. The van der Waals surface area contributed by atoms with Crippen molar-refractivity contribution in [3.05, 3.63) is 35.9 Å². The Morgan fingerprint density at radius 3 is 2.74 bits per heavy atom. The number of imidazole rings is 1. The molecular weight excluding hydrogens is 287 g/mol. The normalized spacial score (nSPS) is 18.5. The first kappa shape index (κ1) is 14.4. The molecule has 1 aliphatic heterocycles. The van der Waals surface area contributed by atoms with E-state index in [4.69, 9.17) is 12.8 Å². The summed E-state index contributed by atoms with van der Waals surface area (Å²) in [6.07, 6.45) is 5.30. The van der Waals surface area contributed by atoms with Crippen molar-refractivity contribution in [2.24, 2.45) is 0 Å². The molecule has 6 heteroatoms. The average Bonchev–Trinajstić information content (AvgIpc) is 3.30. The molecule has 1 saturated heterocycles. The lowest BCUT2D eigenvalue weighted by molar-refractivity contribution is -0.124. The van der Waals surface area contributed by atoms with E-state index in [0.717, 1.165) is 23.4 Å². The van der Waals surface area contributed by atoms with Gasteiger partial charge in [0.2, 0.25) is 5.91 Å². The summed E-state index contributed by atoms with van der Waals surface area (Å²) in [6, 6.07) is 2.15. The quantitative estimate of drug-likeness (QED) is 0.803. The number of hydrogen-bond donors (Lipinski definition) is 0. The van der Waals surface area contributed by atoms with Gasteiger partial charge in [-0.05, 0) is 42.4 Å². The number of carbonyl (C=O) groups is 1. The number of anilines is 1. The van der Waals surface area contributed by atoms with Crippen LogP contribution < -0.4 is 10.5 Å². The Balaban J connectivity index is 1.94. The third-order valence-corrected chi connectivity index (χ3v) is 4.88. The number of pyridine rings is 1. The molecule has 0 unspecified atom stereocenters. The molecule has 116 valence electrons. The number of fused-ring (bicyclic) bond motifs is 1. The molecule has 4 rings (SSSR count). The van der Waals surface area contributed by atoms with E-state index in [-0.39, 0.29) is 5.91 Å². The van der Waals surface area contributed by atoms with Crippen LogP contribution in [-0.2, 0) is 11.2 Å². The molecule has 0 bridgehead atoms. The molecule has 0 atom stereocenters. The van der Waals surface area contributed by atoms with Gasteiger partial charge in [0.05, 0.1) is 11.4 Å². The van der Waals surface area contributed by atoms with Crippen LogP contribution in [0.2, 0.25) is 0 Å². The van der Waals surface area contributed by atoms with E-state index in [1.165, 1.54) is 18.4 Å². The maximum atomic E-state index is 12.0. The maximum Gasteiger partial charge on any atom is 0.247 e. The van der Waals surface area contributed by atoms with Gasteiger partial charge in [-0.3, -0.25) is 4.79 Å². The van der Waals surface area contributed by atoms with Crippen LogP contribution in [0.3, 0.4) is 0 Å². The van der Waals surface area contributed by atoms with Crippen LogP contribution in [0.5, 0.6) is 0 Å². The van der Waals surface area contributed by atoms with Crippen molar-refractivity contribution in [2.75, 3.05) is 18.5 Å². The van der Waals surface area contributed by atoms with Crippen molar-refractivity contribution >= 4 is 30.7 Å². The summed E-state index contributed by atoms with van der Waals surface area (Å²) in [6.45, 7) is 6.40. The first-order valence-electron chi connectivity index (χ1n) is 8.04. The Morgan fingerprint density at radius 2 is 2.17 bits per heavy atom. The Kier molecular flexibility index (Phi) is 3.05. The predicted octanol–water partition coefficient (Wildman–Crippen LogP) is 1.32. The molecule has 5 nitrogen and oxygen atoms in total. The number of likely N-dealkylation sites (N-methyl/N-ethyl adjacent to an activating group) is 1. The lowest BCUT2D eigenvalue weighted by atomic mass is 10.0. The van der Waals surface area contributed by atoms with Crippen LogP contribution in [0.4, 0.5) is 5.69 Å². The maximum absolute atomic E-state index is 12.0. The number of hydrogen-bond acceptors (Lipinski definition) is 3. The molecule has 1 aliphatic carbocycles. The van der Waals surface area contributed by atoms with Crippen LogP contribution >= 0.6 is 0 Å². The topological polar surface area (TPSA) is 40.9 Å². The van der Waals surface area contributed by atoms with Crippen molar-refractivity contribution in [3.63, 3.8) is 0 Å². The van der Waals surface area contributed by atoms with Gasteiger partial charge in [0.25, 0.3) is 0 Å². The number of aromatic nitrogens is 2. The molecule has 2 radical (unpaired) electrons. The second kappa shape index (κ2) is 4.88. The molecule has 2 aromatic rings. The van der Waals surface area contributed by atoms with Crippen molar-refractivity contribution in [1.82, 2.24) is 14.3 Å². The van der Waals surface area contributed by atoms with Crippen LogP contribution in [0.15, 0.2) is 24.7 Å². The molecular formula is C17H19BN4O. The summed E-state index contributed by atoms with van der Waals surface area (Å²) in [5.41, 5.74) is 4.56. The third-order valence-electron chi connectivity index (χ3n) is 4.88. The van der Waals surface area contributed by atoms with Gasteiger partial charge in [-0.2, -0.15) is 0 Å². The highest BCUT2D eigenvalue weighted by Gasteiger charge is 2.33. The van der Waals surface area contributed by atoms with Gasteiger partial charge in [0, 0.05) is 13.2 Å². The largest absolute Gasteiger partial charge is 0.315 e. The Labute approximate surface area is 137 Å². The van der Waals surface area contributed by atoms with Crippen LogP contribution in [0.25, 0.3) is 5.65 Å². The number of aryl methyl sites for hydroxylation is 1. The highest BCUT2D eigenvalue weighted by molar-refractivity contribution is 6.32. The zero-order valence-corrected chi connectivity index (χ0v) is 13.5. The standard InChI is InChI=1S/C17H19BN4O/c1-4-13-16(18)22-8-12(11-5-6-11)7-14(17(22)19-13)21-9-15(23)20(3)10(21)2/h7-8,11H,2,4-6,9H2,1,3H3. The van der Waals surface area contributed by atoms with E-state index in [9.17, 15) is 4.79 Å². The van der Waals surface area contributed by atoms with Gasteiger partial charge in [-0.15, -0.1) is 0 Å². The highest BCUT2D eigenvalue weighted by Crippen LogP contribution is 2.42. The average molecular weight is 306 g/mol. The predicted molar refractivity (Wildman–Crippen MR) is 91.2 cm³/mol. The van der Waals surface area contributed by atoms with Crippen molar-refractivity contribution in [2.45, 2.75) is 32.1 Å². The molecule has 0 aromatic carbocycles. The van der Waals surface area contributed by atoms with E-state index in [1.807, 2.05) is 16.2 Å². The summed E-state index contributed by atoms with van der Waals surface area (Å²) in [4.78, 5) is 20.3. The minimum absolute atomic E-state index is 0.0419. The zero-order chi connectivity index (χ0) is 16.3. The molecule has 2 aromatic heterocycles. The molecule has 0 N–H and O–H groups in total. The zero-order valence-electron chi connectivity index (χ0n) is 13.5. The van der Waals surface area contributed by atoms with E-state index in [1.54, 1.807) is 11.9 Å². The first-order chi connectivity index (χ1) is 11.0. The Hall–Kier alpha value is -2.24.